The lowest BCUT2D eigenvalue weighted by atomic mass is 10.1. The first-order chi connectivity index (χ1) is 12.5. The molecule has 0 radical (unpaired) electrons. The summed E-state index contributed by atoms with van der Waals surface area (Å²) in [5, 5.41) is 0. The maximum absolute atomic E-state index is 12.7. The van der Waals surface area contributed by atoms with Gasteiger partial charge in [0.2, 0.25) is 5.91 Å². The molecule has 0 fully saturated rings. The second kappa shape index (κ2) is 9.56. The van der Waals surface area contributed by atoms with Crippen molar-refractivity contribution < 1.29 is 14.3 Å². The Balaban J connectivity index is 2.15. The molecule has 0 aliphatic carbocycles. The number of ether oxygens (including phenoxy) is 1. The molecule has 26 heavy (non-hydrogen) atoms. The van der Waals surface area contributed by atoms with E-state index in [2.05, 4.69) is 0 Å². The van der Waals surface area contributed by atoms with E-state index < -0.39 is 0 Å². The fourth-order valence-corrected chi connectivity index (χ4v) is 2.59. The van der Waals surface area contributed by atoms with Crippen LogP contribution in [0.1, 0.15) is 23.6 Å². The number of rotatable bonds is 7. The number of hydrogen-bond donors (Lipinski definition) is 0. The largest absolute Gasteiger partial charge is 0.469 e. The molecule has 0 spiro atoms. The highest BCUT2D eigenvalue weighted by Gasteiger charge is 2.20. The van der Waals surface area contributed by atoms with Crippen molar-refractivity contribution in [3.63, 3.8) is 0 Å². The zero-order valence-corrected chi connectivity index (χ0v) is 15.5. The van der Waals surface area contributed by atoms with Gasteiger partial charge in [0.15, 0.2) is 0 Å². The highest BCUT2D eigenvalue weighted by molar-refractivity contribution is 5.92. The van der Waals surface area contributed by atoms with Gasteiger partial charge in [-0.3, -0.25) is 9.59 Å². The number of carbonyl (C=O) groups excluding carboxylic acids is 2. The first-order valence-electron chi connectivity index (χ1n) is 8.65. The summed E-state index contributed by atoms with van der Waals surface area (Å²) in [6.45, 7) is 4.54. The molecule has 0 saturated heterocycles. The van der Waals surface area contributed by atoms with Gasteiger partial charge in [0.05, 0.1) is 13.0 Å². The van der Waals surface area contributed by atoms with Gasteiger partial charge in [-0.15, -0.1) is 0 Å². The van der Waals surface area contributed by atoms with Gasteiger partial charge in [0.1, 0.15) is 0 Å². The second-order valence-electron chi connectivity index (χ2n) is 6.37. The molecule has 4 nitrogen and oxygen atoms in total. The molecule has 1 amide bonds. The summed E-state index contributed by atoms with van der Waals surface area (Å²) in [5.74, 6) is -0.844. The Hall–Kier alpha value is -2.88. The third-order valence-electron chi connectivity index (χ3n) is 4.12. The predicted octanol–water partition coefficient (Wildman–Crippen LogP) is 3.85. The molecular weight excluding hydrogens is 326 g/mol. The van der Waals surface area contributed by atoms with Crippen LogP contribution < -0.4 is 0 Å². The van der Waals surface area contributed by atoms with Gasteiger partial charge in [-0.1, -0.05) is 67.1 Å². The van der Waals surface area contributed by atoms with E-state index in [1.807, 2.05) is 61.5 Å². The molecular formula is C22H25NO3. The minimum atomic E-state index is -0.389. The summed E-state index contributed by atoms with van der Waals surface area (Å²) in [7, 11) is 1.36. The molecule has 4 heteroatoms. The van der Waals surface area contributed by atoms with E-state index in [0.29, 0.717) is 13.1 Å². The fraction of sp³-hybridized carbons (Fsp3) is 0.273. The van der Waals surface area contributed by atoms with E-state index in [9.17, 15) is 9.59 Å². The zero-order chi connectivity index (χ0) is 18.9. The van der Waals surface area contributed by atoms with Gasteiger partial charge < -0.3 is 9.64 Å². The van der Waals surface area contributed by atoms with E-state index in [4.69, 9.17) is 4.74 Å². The van der Waals surface area contributed by atoms with Gasteiger partial charge in [-0.2, -0.15) is 0 Å². The van der Waals surface area contributed by atoms with Crippen LogP contribution >= 0.6 is 0 Å². The molecule has 1 atom stereocenters. The van der Waals surface area contributed by atoms with Gasteiger partial charge in [-0.25, -0.2) is 0 Å². The number of hydrogen-bond acceptors (Lipinski definition) is 3. The van der Waals surface area contributed by atoms with E-state index in [0.717, 1.165) is 11.1 Å². The van der Waals surface area contributed by atoms with Crippen LogP contribution in [0.4, 0.5) is 0 Å². The van der Waals surface area contributed by atoms with Gasteiger partial charge in [-0.05, 0) is 24.1 Å². The molecule has 0 saturated carbocycles. The van der Waals surface area contributed by atoms with Crippen molar-refractivity contribution in [2.24, 2.45) is 5.92 Å². The van der Waals surface area contributed by atoms with Crippen LogP contribution in [0.3, 0.4) is 0 Å². The Kier molecular flexibility index (Phi) is 7.15. The SMILES string of the molecule is COC(=O)C(C)CN(Cc1ccc(C)cc1)C(=O)/C=C/c1ccccc1. The van der Waals surface area contributed by atoms with Crippen LogP contribution in [0.2, 0.25) is 0 Å². The number of amides is 1. The lowest BCUT2D eigenvalue weighted by Crippen LogP contribution is -2.35. The van der Waals surface area contributed by atoms with Crippen molar-refractivity contribution >= 4 is 18.0 Å². The number of benzene rings is 2. The van der Waals surface area contributed by atoms with Crippen LogP contribution in [-0.4, -0.2) is 30.4 Å². The highest BCUT2D eigenvalue weighted by Crippen LogP contribution is 2.12. The third kappa shape index (κ3) is 5.88. The van der Waals surface area contributed by atoms with Crippen LogP contribution in [0.25, 0.3) is 6.08 Å². The summed E-state index contributed by atoms with van der Waals surface area (Å²) in [6.07, 6.45) is 3.33. The minimum absolute atomic E-state index is 0.134. The Morgan fingerprint density at radius 1 is 1.08 bits per heavy atom. The van der Waals surface area contributed by atoms with Gasteiger partial charge in [0.25, 0.3) is 0 Å². The molecule has 0 aliphatic heterocycles. The molecule has 0 N–H and O–H groups in total. The lowest BCUT2D eigenvalue weighted by Gasteiger charge is -2.24. The summed E-state index contributed by atoms with van der Waals surface area (Å²) < 4.78 is 4.79. The number of aryl methyl sites for hydroxylation is 1. The highest BCUT2D eigenvalue weighted by atomic mass is 16.5. The molecule has 0 aromatic heterocycles. The van der Waals surface area contributed by atoms with Crippen LogP contribution in [0.5, 0.6) is 0 Å². The van der Waals surface area contributed by atoms with Crippen molar-refractivity contribution in [3.8, 4) is 0 Å². The maximum atomic E-state index is 12.7. The Bertz CT molecular complexity index is 751. The number of nitrogens with zero attached hydrogens (tertiary/aromatic N) is 1. The number of esters is 1. The quantitative estimate of drug-likeness (QED) is 0.562. The Labute approximate surface area is 155 Å². The van der Waals surface area contributed by atoms with E-state index >= 15 is 0 Å². The standard InChI is InChI=1S/C22H25NO3/c1-17-9-11-20(12-10-17)16-23(15-18(2)22(25)26-3)21(24)14-13-19-7-5-4-6-8-19/h4-14,18H,15-16H2,1-3H3/b14-13+. The lowest BCUT2D eigenvalue weighted by molar-refractivity contribution is -0.146. The molecule has 0 heterocycles. The topological polar surface area (TPSA) is 46.6 Å². The summed E-state index contributed by atoms with van der Waals surface area (Å²) >= 11 is 0. The van der Waals surface area contributed by atoms with Crippen molar-refractivity contribution in [1.82, 2.24) is 4.90 Å². The summed E-state index contributed by atoms with van der Waals surface area (Å²) in [4.78, 5) is 26.2. The molecule has 0 bridgehead atoms. The van der Waals surface area contributed by atoms with Gasteiger partial charge >= 0.3 is 5.97 Å². The predicted molar refractivity (Wildman–Crippen MR) is 103 cm³/mol. The monoisotopic (exact) mass is 351 g/mol. The van der Waals surface area contributed by atoms with Crippen LogP contribution in [0.15, 0.2) is 60.7 Å². The first kappa shape index (κ1) is 19.4. The molecule has 2 aromatic rings. The van der Waals surface area contributed by atoms with Crippen molar-refractivity contribution in [3.05, 3.63) is 77.4 Å². The van der Waals surface area contributed by atoms with Crippen molar-refractivity contribution in [2.75, 3.05) is 13.7 Å². The number of carbonyl (C=O) groups is 2. The fourth-order valence-electron chi connectivity index (χ4n) is 2.59. The molecule has 1 unspecified atom stereocenters. The van der Waals surface area contributed by atoms with Crippen molar-refractivity contribution in [1.29, 1.82) is 0 Å². The van der Waals surface area contributed by atoms with Crippen LogP contribution in [-0.2, 0) is 20.9 Å². The average molecular weight is 351 g/mol. The minimum Gasteiger partial charge on any atom is -0.469 e. The molecule has 2 rings (SSSR count). The van der Waals surface area contributed by atoms with Gasteiger partial charge in [0, 0.05) is 19.2 Å². The normalized spacial score (nSPS) is 12.0. The number of methoxy groups -OCH3 is 1. The summed E-state index contributed by atoms with van der Waals surface area (Å²) in [5.41, 5.74) is 3.14. The average Bonchev–Trinajstić information content (AvgIpc) is 2.67. The smallest absolute Gasteiger partial charge is 0.310 e. The maximum Gasteiger partial charge on any atom is 0.310 e. The van der Waals surface area contributed by atoms with E-state index in [1.165, 1.54) is 12.7 Å². The Morgan fingerprint density at radius 2 is 1.73 bits per heavy atom. The molecule has 0 aliphatic rings. The molecule has 2 aromatic carbocycles. The van der Waals surface area contributed by atoms with Crippen molar-refractivity contribution in [2.45, 2.75) is 20.4 Å². The Morgan fingerprint density at radius 3 is 2.35 bits per heavy atom. The van der Waals surface area contributed by atoms with E-state index in [-0.39, 0.29) is 17.8 Å². The first-order valence-corrected chi connectivity index (χ1v) is 8.65. The molecule has 136 valence electrons. The second-order valence-corrected chi connectivity index (χ2v) is 6.37. The van der Waals surface area contributed by atoms with Crippen LogP contribution in [0, 0.1) is 12.8 Å². The van der Waals surface area contributed by atoms with E-state index in [1.54, 1.807) is 24.0 Å². The summed E-state index contributed by atoms with van der Waals surface area (Å²) in [6, 6.07) is 17.7. The third-order valence-corrected chi connectivity index (χ3v) is 4.12. The zero-order valence-electron chi connectivity index (χ0n) is 15.5.